The average molecular weight is 611 g/mol. The molecule has 0 aliphatic carbocycles. The summed E-state index contributed by atoms with van der Waals surface area (Å²) < 4.78 is 27.3. The molecule has 0 unspecified atom stereocenters. The molecular formula is C33H66O4Si3. The highest BCUT2D eigenvalue weighted by Gasteiger charge is 2.45. The first-order chi connectivity index (χ1) is 17.9. The molecule has 40 heavy (non-hydrogen) atoms. The Labute approximate surface area is 252 Å². The first kappa shape index (κ1) is 37.7. The maximum atomic E-state index is 7.24. The van der Waals surface area contributed by atoms with Crippen molar-refractivity contribution in [1.29, 1.82) is 0 Å². The van der Waals surface area contributed by atoms with Gasteiger partial charge in [0.05, 0.1) is 18.8 Å². The largest absolute Gasteiger partial charge is 0.417 e. The van der Waals surface area contributed by atoms with Gasteiger partial charge in [-0.2, -0.15) is 0 Å². The van der Waals surface area contributed by atoms with E-state index in [0.29, 0.717) is 19.1 Å². The Hall–Kier alpha value is -0.289. The Bertz CT molecular complexity index is 864. The minimum atomic E-state index is -2.05. The molecule has 0 heterocycles. The van der Waals surface area contributed by atoms with Gasteiger partial charge in [-0.1, -0.05) is 99.6 Å². The molecule has 0 amide bonds. The molecule has 4 nitrogen and oxygen atoms in total. The number of ether oxygens (including phenoxy) is 1. The summed E-state index contributed by atoms with van der Waals surface area (Å²) in [7, 11) is -5.91. The van der Waals surface area contributed by atoms with Crippen molar-refractivity contribution >= 4 is 25.0 Å². The monoisotopic (exact) mass is 610 g/mol. The molecule has 0 saturated carbocycles. The Morgan fingerprint density at radius 3 is 1.55 bits per heavy atom. The maximum absolute atomic E-state index is 7.24. The SMILES string of the molecule is C[C@H](CO[Si](C)(C)C(C)(C)C)C[C@H](O[Si](C)(C)C(C)(C)C)[C@H](CCOCc1ccccc1)O[Si](C)(C)C(C)(C)C. The minimum absolute atomic E-state index is 0.00774. The van der Waals surface area contributed by atoms with Gasteiger partial charge in [0, 0.05) is 13.2 Å². The van der Waals surface area contributed by atoms with Crippen molar-refractivity contribution in [2.45, 2.75) is 155 Å². The van der Waals surface area contributed by atoms with Crippen molar-refractivity contribution in [3.05, 3.63) is 35.9 Å². The third kappa shape index (κ3) is 11.8. The summed E-state index contributed by atoms with van der Waals surface area (Å²) in [6.07, 6.45) is 1.75. The molecule has 0 spiro atoms. The molecule has 234 valence electrons. The van der Waals surface area contributed by atoms with Crippen LogP contribution in [0.4, 0.5) is 0 Å². The van der Waals surface area contributed by atoms with Gasteiger partial charge in [-0.05, 0) is 78.7 Å². The van der Waals surface area contributed by atoms with Crippen LogP contribution in [0.15, 0.2) is 30.3 Å². The Kier molecular flexibility index (Phi) is 13.6. The van der Waals surface area contributed by atoms with E-state index in [4.69, 9.17) is 18.0 Å². The Balaban J connectivity index is 3.24. The van der Waals surface area contributed by atoms with E-state index in [0.717, 1.165) is 19.4 Å². The summed E-state index contributed by atoms with van der Waals surface area (Å²) in [5.41, 5.74) is 1.20. The fourth-order valence-electron chi connectivity index (χ4n) is 3.70. The van der Waals surface area contributed by atoms with Gasteiger partial charge in [-0.3, -0.25) is 0 Å². The van der Waals surface area contributed by atoms with Crippen LogP contribution in [0.1, 0.15) is 87.6 Å². The molecule has 0 fully saturated rings. The predicted octanol–water partition coefficient (Wildman–Crippen LogP) is 10.4. The van der Waals surface area contributed by atoms with Crippen LogP contribution >= 0.6 is 0 Å². The lowest BCUT2D eigenvalue weighted by atomic mass is 9.99. The average Bonchev–Trinajstić information content (AvgIpc) is 2.77. The van der Waals surface area contributed by atoms with E-state index in [1.165, 1.54) is 5.56 Å². The maximum Gasteiger partial charge on any atom is 0.192 e. The van der Waals surface area contributed by atoms with Crippen LogP contribution in [0.25, 0.3) is 0 Å². The molecule has 3 atom stereocenters. The van der Waals surface area contributed by atoms with Crippen molar-refractivity contribution in [2.24, 2.45) is 5.92 Å². The van der Waals surface area contributed by atoms with E-state index < -0.39 is 25.0 Å². The van der Waals surface area contributed by atoms with Crippen molar-refractivity contribution in [1.82, 2.24) is 0 Å². The zero-order valence-electron chi connectivity index (χ0n) is 29.3. The third-order valence-electron chi connectivity index (χ3n) is 9.75. The lowest BCUT2D eigenvalue weighted by Crippen LogP contribution is -2.52. The number of hydrogen-bond donors (Lipinski definition) is 0. The van der Waals surface area contributed by atoms with Gasteiger partial charge in [0.2, 0.25) is 0 Å². The van der Waals surface area contributed by atoms with Crippen LogP contribution in [0.3, 0.4) is 0 Å². The second kappa shape index (κ2) is 14.5. The summed E-state index contributed by atoms with van der Waals surface area (Å²) in [5, 5.41) is 0.444. The molecule has 0 saturated heterocycles. The fraction of sp³-hybridized carbons (Fsp3) is 0.818. The molecule has 0 aromatic heterocycles. The van der Waals surface area contributed by atoms with Crippen molar-refractivity contribution in [2.75, 3.05) is 13.2 Å². The van der Waals surface area contributed by atoms with Gasteiger partial charge >= 0.3 is 0 Å². The van der Waals surface area contributed by atoms with Gasteiger partial charge in [-0.25, -0.2) is 0 Å². The quantitative estimate of drug-likeness (QED) is 0.146. The van der Waals surface area contributed by atoms with E-state index in [1.807, 2.05) is 6.07 Å². The van der Waals surface area contributed by atoms with E-state index in [1.54, 1.807) is 0 Å². The number of rotatable bonds is 15. The summed E-state index contributed by atoms with van der Waals surface area (Å²) in [5.74, 6) is 0.375. The van der Waals surface area contributed by atoms with Crippen molar-refractivity contribution < 1.29 is 18.0 Å². The second-order valence-corrected chi connectivity index (χ2v) is 30.9. The Morgan fingerprint density at radius 2 is 1.10 bits per heavy atom. The lowest BCUT2D eigenvalue weighted by molar-refractivity contribution is -0.00607. The van der Waals surface area contributed by atoms with Gasteiger partial charge in [0.1, 0.15) is 0 Å². The summed E-state index contributed by atoms with van der Waals surface area (Å²) in [6, 6.07) is 10.4. The zero-order valence-corrected chi connectivity index (χ0v) is 32.3. The van der Waals surface area contributed by atoms with E-state index >= 15 is 0 Å². The van der Waals surface area contributed by atoms with E-state index in [-0.39, 0.29) is 27.3 Å². The Morgan fingerprint density at radius 1 is 0.650 bits per heavy atom. The molecule has 0 radical (unpaired) electrons. The highest BCUT2D eigenvalue weighted by Crippen LogP contribution is 2.42. The molecule has 7 heteroatoms. The summed E-state index contributed by atoms with van der Waals surface area (Å²) >= 11 is 0. The molecule has 0 aliphatic heterocycles. The zero-order chi connectivity index (χ0) is 31.2. The van der Waals surface area contributed by atoms with Gasteiger partial charge in [0.25, 0.3) is 0 Å². The van der Waals surface area contributed by atoms with Crippen LogP contribution in [-0.4, -0.2) is 50.4 Å². The van der Waals surface area contributed by atoms with Crippen LogP contribution in [-0.2, 0) is 24.6 Å². The molecule has 1 aromatic rings. The first-order valence-electron chi connectivity index (χ1n) is 15.5. The van der Waals surface area contributed by atoms with Crippen LogP contribution in [0, 0.1) is 5.92 Å². The molecule has 1 rings (SSSR count). The number of benzene rings is 1. The molecule has 0 aliphatic rings. The van der Waals surface area contributed by atoms with Crippen molar-refractivity contribution in [3.8, 4) is 0 Å². The van der Waals surface area contributed by atoms with Crippen LogP contribution < -0.4 is 0 Å². The van der Waals surface area contributed by atoms with Gasteiger partial charge in [0.15, 0.2) is 25.0 Å². The standard InChI is InChI=1S/C33H66O4Si3/c1-27(25-35-38(11,12)31(2,3)4)24-30(37-40(15,16)33(8,9)10)29(36-39(13,14)32(5,6)7)22-23-34-26-28-20-18-17-19-21-28/h17-21,27,29-30H,22-26H2,1-16H3/t27-,29-,30-/m0/s1. The molecule has 1 aromatic carbocycles. The smallest absolute Gasteiger partial charge is 0.192 e. The minimum Gasteiger partial charge on any atom is -0.417 e. The predicted molar refractivity (Wildman–Crippen MR) is 182 cm³/mol. The molecule has 0 N–H and O–H groups in total. The number of hydrogen-bond acceptors (Lipinski definition) is 4. The highest BCUT2D eigenvalue weighted by atomic mass is 28.4. The van der Waals surface area contributed by atoms with E-state index in [9.17, 15) is 0 Å². The van der Waals surface area contributed by atoms with E-state index in [2.05, 4.69) is 133 Å². The summed E-state index contributed by atoms with van der Waals surface area (Å²) in [6.45, 7) is 39.4. The third-order valence-corrected chi connectivity index (χ3v) is 23.3. The normalized spacial score (nSPS) is 16.6. The lowest BCUT2D eigenvalue weighted by Gasteiger charge is -2.46. The van der Waals surface area contributed by atoms with Crippen molar-refractivity contribution in [3.63, 3.8) is 0 Å². The highest BCUT2D eigenvalue weighted by molar-refractivity contribution is 6.75. The topological polar surface area (TPSA) is 36.9 Å². The van der Waals surface area contributed by atoms with Gasteiger partial charge in [-0.15, -0.1) is 0 Å². The van der Waals surface area contributed by atoms with Crippen LogP contribution in [0.5, 0.6) is 0 Å². The second-order valence-electron chi connectivity index (χ2n) is 16.6. The van der Waals surface area contributed by atoms with Gasteiger partial charge < -0.3 is 18.0 Å². The summed E-state index contributed by atoms with van der Waals surface area (Å²) in [4.78, 5) is 0. The fourth-order valence-corrected chi connectivity index (χ4v) is 7.58. The molecule has 0 bridgehead atoms. The first-order valence-corrected chi connectivity index (χ1v) is 24.2. The van der Waals surface area contributed by atoms with Crippen LogP contribution in [0.2, 0.25) is 54.4 Å². The molecular weight excluding hydrogens is 545 g/mol.